The molecule has 1 aliphatic rings. The second-order valence-electron chi connectivity index (χ2n) is 5.07. The van der Waals surface area contributed by atoms with Gasteiger partial charge in [-0.2, -0.15) is 0 Å². The van der Waals surface area contributed by atoms with Gasteiger partial charge in [0.15, 0.2) is 0 Å². The first-order chi connectivity index (χ1) is 10.5. The third-order valence-electron chi connectivity index (χ3n) is 3.35. The number of aromatic nitrogens is 1. The fourth-order valence-corrected chi connectivity index (χ4v) is 2.92. The van der Waals surface area contributed by atoms with Gasteiger partial charge in [-0.15, -0.1) is 11.3 Å². The third kappa shape index (κ3) is 2.92. The average molecular weight is 313 g/mol. The summed E-state index contributed by atoms with van der Waals surface area (Å²) >= 11 is 1.61. The number of carbonyl (C=O) groups excluding carboxylic acids is 2. The van der Waals surface area contributed by atoms with E-state index in [1.807, 2.05) is 36.6 Å². The molecule has 1 N–H and O–H groups in total. The van der Waals surface area contributed by atoms with Crippen molar-refractivity contribution in [2.45, 2.75) is 13.8 Å². The lowest BCUT2D eigenvalue weighted by molar-refractivity contribution is -0.138. The highest BCUT2D eigenvalue weighted by molar-refractivity contribution is 7.09. The molecule has 2 heterocycles. The summed E-state index contributed by atoms with van der Waals surface area (Å²) in [5.41, 5.74) is 3.54. The standard InChI is InChI=1S/C16H15N3O2S/c1-10-17-15(9-22-10)12-4-3-5-13(6-12)18-14-7-16(21)19(8-14)11(2)20/h3-7,9,18H,8H2,1-2H3. The summed E-state index contributed by atoms with van der Waals surface area (Å²) in [6, 6.07) is 7.84. The molecular weight excluding hydrogens is 298 g/mol. The number of amides is 2. The van der Waals surface area contributed by atoms with Crippen LogP contribution in [0.5, 0.6) is 0 Å². The van der Waals surface area contributed by atoms with E-state index in [0.29, 0.717) is 5.70 Å². The van der Waals surface area contributed by atoms with Crippen molar-refractivity contribution in [3.8, 4) is 11.3 Å². The lowest BCUT2D eigenvalue weighted by atomic mass is 10.1. The van der Waals surface area contributed by atoms with Crippen LogP contribution in [-0.4, -0.2) is 28.2 Å². The van der Waals surface area contributed by atoms with Gasteiger partial charge in [-0.25, -0.2) is 4.98 Å². The Hall–Kier alpha value is -2.47. The Morgan fingerprint density at radius 3 is 2.86 bits per heavy atom. The molecule has 6 heteroatoms. The minimum Gasteiger partial charge on any atom is -0.357 e. The molecule has 2 aromatic rings. The van der Waals surface area contributed by atoms with E-state index < -0.39 is 0 Å². The van der Waals surface area contributed by atoms with E-state index in [1.54, 1.807) is 11.3 Å². The Bertz CT molecular complexity index is 779. The molecule has 0 bridgehead atoms. The van der Waals surface area contributed by atoms with Gasteiger partial charge in [-0.3, -0.25) is 14.5 Å². The highest BCUT2D eigenvalue weighted by Gasteiger charge is 2.24. The first-order valence-electron chi connectivity index (χ1n) is 6.85. The maximum Gasteiger partial charge on any atom is 0.255 e. The van der Waals surface area contributed by atoms with Crippen LogP contribution in [0.2, 0.25) is 0 Å². The average Bonchev–Trinajstić information content (AvgIpc) is 3.05. The zero-order valence-corrected chi connectivity index (χ0v) is 13.1. The number of imide groups is 1. The number of thiazole rings is 1. The zero-order chi connectivity index (χ0) is 15.7. The second-order valence-corrected chi connectivity index (χ2v) is 6.13. The normalized spacial score (nSPS) is 14.2. The molecule has 1 aromatic carbocycles. The number of nitrogens with one attached hydrogen (secondary N) is 1. The quantitative estimate of drug-likeness (QED) is 0.946. The SMILES string of the molecule is CC(=O)N1CC(Nc2cccc(-c3csc(C)n3)c2)=CC1=O. The molecule has 3 rings (SSSR count). The Labute approximate surface area is 132 Å². The molecule has 22 heavy (non-hydrogen) atoms. The van der Waals surface area contributed by atoms with E-state index in [-0.39, 0.29) is 18.4 Å². The lowest BCUT2D eigenvalue weighted by Crippen LogP contribution is -2.31. The Balaban J connectivity index is 1.78. The van der Waals surface area contributed by atoms with Gasteiger partial charge < -0.3 is 5.32 Å². The summed E-state index contributed by atoms with van der Waals surface area (Å²) in [6.45, 7) is 3.65. The molecule has 0 radical (unpaired) electrons. The van der Waals surface area contributed by atoms with E-state index in [2.05, 4.69) is 10.3 Å². The van der Waals surface area contributed by atoms with Gasteiger partial charge in [0.1, 0.15) is 0 Å². The van der Waals surface area contributed by atoms with Gasteiger partial charge in [0.25, 0.3) is 5.91 Å². The van der Waals surface area contributed by atoms with E-state index in [4.69, 9.17) is 0 Å². The van der Waals surface area contributed by atoms with Crippen molar-refractivity contribution in [3.05, 3.63) is 46.4 Å². The highest BCUT2D eigenvalue weighted by Crippen LogP contribution is 2.25. The van der Waals surface area contributed by atoms with E-state index >= 15 is 0 Å². The van der Waals surface area contributed by atoms with Crippen LogP contribution in [0.1, 0.15) is 11.9 Å². The van der Waals surface area contributed by atoms with Crippen LogP contribution < -0.4 is 5.32 Å². The molecule has 1 aromatic heterocycles. The highest BCUT2D eigenvalue weighted by atomic mass is 32.1. The Morgan fingerprint density at radius 1 is 1.41 bits per heavy atom. The molecule has 0 fully saturated rings. The van der Waals surface area contributed by atoms with Crippen LogP contribution in [0.3, 0.4) is 0 Å². The van der Waals surface area contributed by atoms with Crippen LogP contribution in [0.4, 0.5) is 5.69 Å². The van der Waals surface area contributed by atoms with Crippen molar-refractivity contribution in [2.75, 3.05) is 11.9 Å². The van der Waals surface area contributed by atoms with Crippen molar-refractivity contribution in [1.82, 2.24) is 9.88 Å². The number of hydrogen-bond acceptors (Lipinski definition) is 5. The molecule has 0 atom stereocenters. The predicted octanol–water partition coefficient (Wildman–Crippen LogP) is 2.80. The first-order valence-corrected chi connectivity index (χ1v) is 7.73. The molecule has 2 amide bonds. The van der Waals surface area contributed by atoms with Crippen molar-refractivity contribution in [2.24, 2.45) is 0 Å². The number of hydrogen-bond donors (Lipinski definition) is 1. The molecule has 0 unspecified atom stereocenters. The minimum absolute atomic E-state index is 0.246. The van der Waals surface area contributed by atoms with Crippen molar-refractivity contribution >= 4 is 28.8 Å². The number of aryl methyl sites for hydroxylation is 1. The number of carbonyl (C=O) groups is 2. The van der Waals surface area contributed by atoms with E-state index in [0.717, 1.165) is 22.0 Å². The number of anilines is 1. The van der Waals surface area contributed by atoms with Crippen LogP contribution in [0, 0.1) is 6.92 Å². The number of benzene rings is 1. The summed E-state index contributed by atoms with van der Waals surface area (Å²) < 4.78 is 0. The summed E-state index contributed by atoms with van der Waals surface area (Å²) in [5, 5.41) is 6.24. The fraction of sp³-hybridized carbons (Fsp3) is 0.188. The van der Waals surface area contributed by atoms with Crippen molar-refractivity contribution in [1.29, 1.82) is 0 Å². The third-order valence-corrected chi connectivity index (χ3v) is 4.13. The summed E-state index contributed by atoms with van der Waals surface area (Å²) in [4.78, 5) is 28.7. The first kappa shape index (κ1) is 14.5. The summed E-state index contributed by atoms with van der Waals surface area (Å²) in [7, 11) is 0. The van der Waals surface area contributed by atoms with Crippen LogP contribution in [0.15, 0.2) is 41.4 Å². The minimum atomic E-state index is -0.277. The van der Waals surface area contributed by atoms with Gasteiger partial charge in [0.2, 0.25) is 5.91 Å². The Kier molecular flexibility index (Phi) is 3.77. The molecule has 0 saturated heterocycles. The lowest BCUT2D eigenvalue weighted by Gasteiger charge is -2.13. The fourth-order valence-electron chi connectivity index (χ4n) is 2.30. The Morgan fingerprint density at radius 2 is 2.23 bits per heavy atom. The summed E-state index contributed by atoms with van der Waals surface area (Å²) in [6.07, 6.45) is 1.46. The maximum atomic E-state index is 11.7. The smallest absolute Gasteiger partial charge is 0.255 e. The molecule has 112 valence electrons. The predicted molar refractivity (Wildman–Crippen MR) is 86.4 cm³/mol. The zero-order valence-electron chi connectivity index (χ0n) is 12.3. The van der Waals surface area contributed by atoms with Crippen LogP contribution in [0.25, 0.3) is 11.3 Å². The number of rotatable bonds is 3. The van der Waals surface area contributed by atoms with Gasteiger partial charge in [0.05, 0.1) is 17.2 Å². The molecule has 1 aliphatic heterocycles. The van der Waals surface area contributed by atoms with Gasteiger partial charge in [-0.1, -0.05) is 12.1 Å². The molecule has 0 spiro atoms. The van der Waals surface area contributed by atoms with Gasteiger partial charge in [-0.05, 0) is 19.1 Å². The van der Waals surface area contributed by atoms with E-state index in [9.17, 15) is 9.59 Å². The molecular formula is C16H15N3O2S. The van der Waals surface area contributed by atoms with Crippen molar-refractivity contribution < 1.29 is 9.59 Å². The maximum absolute atomic E-state index is 11.7. The summed E-state index contributed by atoms with van der Waals surface area (Å²) in [5.74, 6) is -0.522. The van der Waals surface area contributed by atoms with Crippen LogP contribution >= 0.6 is 11.3 Å². The van der Waals surface area contributed by atoms with Crippen LogP contribution in [-0.2, 0) is 9.59 Å². The topological polar surface area (TPSA) is 62.3 Å². The number of nitrogens with zero attached hydrogens (tertiary/aromatic N) is 2. The largest absolute Gasteiger partial charge is 0.357 e. The monoisotopic (exact) mass is 313 g/mol. The molecule has 5 nitrogen and oxygen atoms in total. The molecule has 0 aliphatic carbocycles. The van der Waals surface area contributed by atoms with Crippen molar-refractivity contribution in [3.63, 3.8) is 0 Å². The van der Waals surface area contributed by atoms with Gasteiger partial charge >= 0.3 is 0 Å². The molecule has 0 saturated carbocycles. The van der Waals surface area contributed by atoms with Gasteiger partial charge in [0, 0.05) is 35.3 Å². The van der Waals surface area contributed by atoms with E-state index in [1.165, 1.54) is 17.9 Å². The second kappa shape index (κ2) is 5.73.